The van der Waals surface area contributed by atoms with E-state index in [9.17, 15) is 28.2 Å². The van der Waals surface area contributed by atoms with E-state index in [0.717, 1.165) is 12.6 Å². The summed E-state index contributed by atoms with van der Waals surface area (Å²) < 4.78 is 32.3. The second kappa shape index (κ2) is 14.1. The van der Waals surface area contributed by atoms with Gasteiger partial charge in [-0.1, -0.05) is 12.7 Å². The van der Waals surface area contributed by atoms with Gasteiger partial charge in [0.15, 0.2) is 5.82 Å². The van der Waals surface area contributed by atoms with Crippen molar-refractivity contribution in [3.63, 3.8) is 0 Å². The number of anilines is 1. The third-order valence-electron chi connectivity index (χ3n) is 3.83. The number of pyridine rings is 1. The van der Waals surface area contributed by atoms with Crippen LogP contribution in [0.1, 0.15) is 19.8 Å². The molecule has 14 heteroatoms. The summed E-state index contributed by atoms with van der Waals surface area (Å²) in [6.45, 7) is 2.85. The summed E-state index contributed by atoms with van der Waals surface area (Å²) in [6.07, 6.45) is 1.97. The minimum atomic E-state index is -4.28. The van der Waals surface area contributed by atoms with E-state index in [4.69, 9.17) is 0 Å². The molecule has 0 fully saturated rings. The van der Waals surface area contributed by atoms with Crippen LogP contribution in [0.5, 0.6) is 5.75 Å². The second-order valence-corrected chi connectivity index (χ2v) is 7.61. The molecule has 0 saturated carbocycles. The summed E-state index contributed by atoms with van der Waals surface area (Å²) in [5, 5.41) is 30.5. The molecule has 2 rings (SSSR count). The Hall–Kier alpha value is -1.12. The van der Waals surface area contributed by atoms with Gasteiger partial charge in [-0.25, -0.2) is 13.4 Å². The van der Waals surface area contributed by atoms with Crippen LogP contribution in [-0.2, 0) is 10.1 Å². The Bertz CT molecular complexity index is 989. The van der Waals surface area contributed by atoms with E-state index in [1.54, 1.807) is 6.07 Å². The molecule has 156 valence electrons. The average Bonchev–Trinajstić information content (AvgIpc) is 2.65. The first kappa shape index (κ1) is 29.9. The normalized spacial score (nSPS) is 10.9. The van der Waals surface area contributed by atoms with E-state index in [1.165, 1.54) is 24.3 Å². The molecule has 0 atom stereocenters. The first-order chi connectivity index (χ1) is 13.7. The van der Waals surface area contributed by atoms with E-state index >= 15 is 0 Å². The van der Waals surface area contributed by atoms with Crippen molar-refractivity contribution in [3.05, 3.63) is 46.6 Å². The molecule has 0 radical (unpaired) electrons. The summed E-state index contributed by atoms with van der Waals surface area (Å²) in [4.78, 5) is 15.6. The zero-order valence-electron chi connectivity index (χ0n) is 17.6. The maximum atomic E-state index is 12.3. The van der Waals surface area contributed by atoms with Crippen LogP contribution in [0.4, 0.5) is 22.9 Å². The molecule has 0 aliphatic rings. The summed E-state index contributed by atoms with van der Waals surface area (Å²) in [5.41, 5.74) is 0.471. The van der Waals surface area contributed by atoms with Gasteiger partial charge in [0.2, 0.25) is 0 Å². The van der Waals surface area contributed by atoms with E-state index < -0.39 is 26.5 Å². The fourth-order valence-electron chi connectivity index (χ4n) is 2.50. The summed E-state index contributed by atoms with van der Waals surface area (Å²) in [5.74, 6) is -0.748. The number of nitro groups is 1. The third-order valence-corrected chi connectivity index (χ3v) is 4.62. The molecular weight excluding hydrogens is 448 g/mol. The van der Waals surface area contributed by atoms with Crippen molar-refractivity contribution in [1.82, 2.24) is 4.98 Å². The molecule has 0 aliphatic heterocycles. The minimum Gasteiger partial charge on any atom is -0.871 e. The molecular formula is C17H19N5Na2O6S. The van der Waals surface area contributed by atoms with Gasteiger partial charge in [0.25, 0.3) is 5.69 Å². The average molecular weight is 467 g/mol. The van der Waals surface area contributed by atoms with Gasteiger partial charge >= 0.3 is 59.1 Å². The summed E-state index contributed by atoms with van der Waals surface area (Å²) in [6, 6.07) is 7.03. The van der Waals surface area contributed by atoms with Gasteiger partial charge < -0.3 is 14.6 Å². The molecule has 1 aromatic carbocycles. The number of aromatic nitrogens is 1. The predicted molar refractivity (Wildman–Crippen MR) is 103 cm³/mol. The van der Waals surface area contributed by atoms with Gasteiger partial charge in [0, 0.05) is 30.6 Å². The van der Waals surface area contributed by atoms with Crippen LogP contribution in [0.3, 0.4) is 0 Å². The molecule has 0 unspecified atom stereocenters. The van der Waals surface area contributed by atoms with Crippen LogP contribution in [0.25, 0.3) is 0 Å². The smallest absolute Gasteiger partial charge is 0.871 e. The fourth-order valence-corrected chi connectivity index (χ4v) is 2.99. The van der Waals surface area contributed by atoms with Crippen molar-refractivity contribution < 1.29 is 82.1 Å². The fraction of sp³-hybridized carbons (Fsp3) is 0.353. The number of nitrogens with zero attached hydrogens (tertiary/aromatic N) is 5. The minimum absolute atomic E-state index is 0. The summed E-state index contributed by atoms with van der Waals surface area (Å²) >= 11 is 0. The maximum absolute atomic E-state index is 12.3. The van der Waals surface area contributed by atoms with Crippen molar-refractivity contribution in [3.8, 4) is 5.75 Å². The Morgan fingerprint density at radius 2 is 1.84 bits per heavy atom. The van der Waals surface area contributed by atoms with Crippen LogP contribution in [0.15, 0.2) is 46.8 Å². The molecule has 0 bridgehead atoms. The topological polar surface area (TPSA) is 164 Å². The number of benzene rings is 1. The predicted octanol–water partition coefficient (Wildman–Crippen LogP) is -3.36. The Morgan fingerprint density at radius 1 is 1.13 bits per heavy atom. The zero-order valence-corrected chi connectivity index (χ0v) is 22.4. The standard InChI is InChI=1S/C17H21N5O6S.2Na/c1-2-8-21(9-3-10-29(26,27)28)13-4-6-15(16(23)11-13)19-20-17-7-5-14(12-18-17)22(24)25;;/h4-7,11-12,23H,2-3,8-10H2,1H3,(H,26,27,28);;/q;2*+1/p-2. The molecule has 1 heterocycles. The molecule has 2 aromatic rings. The van der Waals surface area contributed by atoms with Crippen LogP contribution in [-0.4, -0.2) is 41.7 Å². The van der Waals surface area contributed by atoms with Gasteiger partial charge in [-0.15, -0.1) is 10.2 Å². The number of azo groups is 1. The Balaban J connectivity index is 0.00000450. The van der Waals surface area contributed by atoms with Crippen LogP contribution >= 0.6 is 0 Å². The van der Waals surface area contributed by atoms with Crippen LogP contribution < -0.4 is 69.1 Å². The number of hydrogen-bond acceptors (Lipinski definition) is 10. The zero-order chi connectivity index (χ0) is 21.4. The molecule has 0 saturated heterocycles. The Morgan fingerprint density at radius 3 is 2.35 bits per heavy atom. The molecule has 0 N–H and O–H groups in total. The van der Waals surface area contributed by atoms with Crippen LogP contribution in [0.2, 0.25) is 0 Å². The largest absolute Gasteiger partial charge is 1.00 e. The van der Waals surface area contributed by atoms with Crippen molar-refractivity contribution in [2.75, 3.05) is 23.7 Å². The number of hydrogen-bond donors (Lipinski definition) is 0. The van der Waals surface area contributed by atoms with Crippen molar-refractivity contribution in [2.45, 2.75) is 19.8 Å². The first-order valence-corrected chi connectivity index (χ1v) is 10.3. The van der Waals surface area contributed by atoms with Gasteiger partial charge in [-0.2, -0.15) is 0 Å². The molecule has 31 heavy (non-hydrogen) atoms. The van der Waals surface area contributed by atoms with E-state index in [0.29, 0.717) is 18.8 Å². The Kier molecular flexibility index (Phi) is 13.6. The van der Waals surface area contributed by atoms with Crippen molar-refractivity contribution >= 4 is 33.0 Å². The molecule has 1 aromatic heterocycles. The first-order valence-electron chi connectivity index (χ1n) is 8.71. The van der Waals surface area contributed by atoms with Crippen LogP contribution in [0, 0.1) is 10.1 Å². The van der Waals surface area contributed by atoms with Crippen molar-refractivity contribution in [2.24, 2.45) is 10.2 Å². The van der Waals surface area contributed by atoms with E-state index in [-0.39, 0.29) is 82.7 Å². The number of rotatable bonds is 10. The van der Waals surface area contributed by atoms with Crippen molar-refractivity contribution in [1.29, 1.82) is 0 Å². The third kappa shape index (κ3) is 10.4. The van der Waals surface area contributed by atoms with E-state index in [1.807, 2.05) is 11.8 Å². The molecule has 0 spiro atoms. The van der Waals surface area contributed by atoms with Gasteiger partial charge in [-0.3, -0.25) is 10.1 Å². The molecule has 0 aliphatic carbocycles. The Labute approximate surface area is 224 Å². The molecule has 0 amide bonds. The monoisotopic (exact) mass is 467 g/mol. The quantitative estimate of drug-likeness (QED) is 0.115. The summed E-state index contributed by atoms with van der Waals surface area (Å²) in [7, 11) is -4.28. The second-order valence-electron chi connectivity index (χ2n) is 6.09. The maximum Gasteiger partial charge on any atom is 1.00 e. The van der Waals surface area contributed by atoms with E-state index in [2.05, 4.69) is 15.2 Å². The SMILES string of the molecule is CCCN(CCCS(=O)(=O)[O-])c1ccc(N=Nc2ccc([N+](=O)[O-])cn2)c([O-])c1.[Na+].[Na+]. The molecule has 11 nitrogen and oxygen atoms in total. The van der Waals surface area contributed by atoms with Gasteiger partial charge in [0.1, 0.15) is 6.20 Å². The van der Waals surface area contributed by atoms with Gasteiger partial charge in [0.05, 0.1) is 20.7 Å². The van der Waals surface area contributed by atoms with Gasteiger partial charge in [-0.05, 0) is 37.1 Å².